The summed E-state index contributed by atoms with van der Waals surface area (Å²) < 4.78 is 28.8. The van der Waals surface area contributed by atoms with E-state index in [0.29, 0.717) is 39.8 Å². The van der Waals surface area contributed by atoms with Crippen molar-refractivity contribution in [2.24, 2.45) is 22.2 Å². The maximum absolute atomic E-state index is 14.1. The molecule has 1 saturated carbocycles. The molecule has 2 aliphatic rings. The van der Waals surface area contributed by atoms with Gasteiger partial charge in [-0.3, -0.25) is 9.36 Å². The lowest BCUT2D eigenvalue weighted by Gasteiger charge is -2.44. The minimum atomic E-state index is -0.619. The number of nitrogens with one attached hydrogen (secondary N) is 2. The Morgan fingerprint density at radius 3 is 2.73 bits per heavy atom. The van der Waals surface area contributed by atoms with E-state index in [-0.39, 0.29) is 24.6 Å². The molecule has 0 spiro atoms. The van der Waals surface area contributed by atoms with Crippen molar-refractivity contribution < 1.29 is 8.78 Å². The molecule has 2 aromatic carbocycles. The zero-order valence-corrected chi connectivity index (χ0v) is 24.8. The van der Waals surface area contributed by atoms with E-state index in [1.807, 2.05) is 12.1 Å². The van der Waals surface area contributed by atoms with E-state index in [0.717, 1.165) is 50.2 Å². The molecular weight excluding hydrogens is 522 g/mol. The van der Waals surface area contributed by atoms with Crippen LogP contribution in [0.4, 0.5) is 14.5 Å². The van der Waals surface area contributed by atoms with Crippen molar-refractivity contribution in [3.8, 4) is 0 Å². The number of benzene rings is 2. The van der Waals surface area contributed by atoms with Gasteiger partial charge in [0.1, 0.15) is 11.6 Å². The molecule has 1 saturated heterocycles. The highest BCUT2D eigenvalue weighted by Gasteiger charge is 2.39. The summed E-state index contributed by atoms with van der Waals surface area (Å²) in [7, 11) is 0. The summed E-state index contributed by atoms with van der Waals surface area (Å²) in [4.78, 5) is 25.4. The van der Waals surface area contributed by atoms with Gasteiger partial charge in [-0.15, -0.1) is 0 Å². The molecule has 2 N–H and O–H groups in total. The summed E-state index contributed by atoms with van der Waals surface area (Å²) in [5.41, 5.74) is 1.89. The summed E-state index contributed by atoms with van der Waals surface area (Å²) in [6.07, 6.45) is 3.97. The Balaban J connectivity index is 1.38. The summed E-state index contributed by atoms with van der Waals surface area (Å²) in [5, 5.41) is 7.59. The molecule has 1 aliphatic heterocycles. The molecule has 2 heterocycles. The van der Waals surface area contributed by atoms with Crippen molar-refractivity contribution in [2.75, 3.05) is 25.0 Å². The monoisotopic (exact) mass is 564 g/mol. The smallest absolute Gasteiger partial charge is 0.261 e. The van der Waals surface area contributed by atoms with E-state index in [9.17, 15) is 13.6 Å². The van der Waals surface area contributed by atoms with Crippen LogP contribution in [0.2, 0.25) is 0 Å². The molecule has 9 heteroatoms. The van der Waals surface area contributed by atoms with Crippen LogP contribution < -0.4 is 16.2 Å². The Kier molecular flexibility index (Phi) is 8.45. The first-order chi connectivity index (χ1) is 19.5. The van der Waals surface area contributed by atoms with E-state index >= 15 is 0 Å². The Labute approximate surface area is 241 Å². The zero-order valence-electron chi connectivity index (χ0n) is 24.8. The normalized spacial score (nSPS) is 25.0. The molecule has 4 atom stereocenters. The van der Waals surface area contributed by atoms with Crippen LogP contribution in [0, 0.1) is 28.9 Å². The third-order valence-electron chi connectivity index (χ3n) is 9.39. The number of fused-ring (bicyclic) bond motifs is 1. The predicted octanol–water partition coefficient (Wildman–Crippen LogP) is 5.44. The lowest BCUT2D eigenvalue weighted by atomic mass is 9.63. The van der Waals surface area contributed by atoms with Crippen LogP contribution in [0.5, 0.6) is 0 Å². The van der Waals surface area contributed by atoms with Gasteiger partial charge in [0.25, 0.3) is 5.56 Å². The average molecular weight is 565 g/mol. The van der Waals surface area contributed by atoms with Gasteiger partial charge in [-0.1, -0.05) is 33.8 Å². The number of guanidine groups is 1. The van der Waals surface area contributed by atoms with Gasteiger partial charge < -0.3 is 15.5 Å². The van der Waals surface area contributed by atoms with Crippen molar-refractivity contribution >= 4 is 22.5 Å². The molecule has 7 nitrogen and oxygen atoms in total. The Bertz CT molecular complexity index is 1480. The number of aryl methyl sites for hydroxylation is 2. The van der Waals surface area contributed by atoms with Gasteiger partial charge in [-0.2, -0.15) is 0 Å². The SMILES string of the molecule is CC1[C@@H](N=C(Nc2ccc3c(=O)n(CCc4ccc(F)cc4F)cnc3c2)N2CCN[C@@H](C)C2)CCC(C)(C)[C@H]1C. The number of hydrogen-bond acceptors (Lipinski definition) is 4. The minimum absolute atomic E-state index is 0.193. The Morgan fingerprint density at radius 1 is 1.17 bits per heavy atom. The second-order valence-electron chi connectivity index (χ2n) is 12.6. The standard InChI is InChI=1S/C32H42F2N6O/c1-20-18-39(15-13-35-20)31(38-28-10-12-32(4,5)22(3)21(28)2)37-25-8-9-26-29(17-25)36-19-40(30(26)41)14-11-23-6-7-24(33)16-27(23)34/h6-9,16-17,19-22,28,35H,10-15,18H2,1-5H3,(H,37,38)/t20-,21?,22-,28-/m0/s1. The summed E-state index contributed by atoms with van der Waals surface area (Å²) in [5.74, 6) is 0.679. The topological polar surface area (TPSA) is 74.5 Å². The molecule has 220 valence electrons. The molecule has 0 bridgehead atoms. The average Bonchev–Trinajstić information content (AvgIpc) is 2.93. The maximum Gasteiger partial charge on any atom is 0.261 e. The highest BCUT2D eigenvalue weighted by molar-refractivity contribution is 5.96. The molecular formula is C32H42F2N6O. The van der Waals surface area contributed by atoms with Gasteiger partial charge in [0.15, 0.2) is 5.96 Å². The fourth-order valence-electron chi connectivity index (χ4n) is 6.20. The van der Waals surface area contributed by atoms with Gasteiger partial charge in [0, 0.05) is 44.0 Å². The number of piperazine rings is 1. The Morgan fingerprint density at radius 2 is 1.98 bits per heavy atom. The molecule has 41 heavy (non-hydrogen) atoms. The van der Waals surface area contributed by atoms with Gasteiger partial charge >= 0.3 is 0 Å². The second-order valence-corrected chi connectivity index (χ2v) is 12.6. The van der Waals surface area contributed by atoms with Gasteiger partial charge in [-0.05, 0) is 73.3 Å². The number of aliphatic imine (C=N–C) groups is 1. The molecule has 0 amide bonds. The maximum atomic E-state index is 14.1. The molecule has 5 rings (SSSR count). The largest absolute Gasteiger partial charge is 0.340 e. The van der Waals surface area contributed by atoms with Crippen molar-refractivity contribution in [2.45, 2.75) is 72.5 Å². The first-order valence-electron chi connectivity index (χ1n) is 14.8. The fourth-order valence-corrected chi connectivity index (χ4v) is 6.20. The van der Waals surface area contributed by atoms with Crippen LogP contribution in [-0.2, 0) is 13.0 Å². The van der Waals surface area contributed by atoms with E-state index in [1.165, 1.54) is 23.0 Å². The summed E-state index contributed by atoms with van der Waals surface area (Å²) in [6, 6.07) is 9.66. The van der Waals surface area contributed by atoms with Crippen LogP contribution in [0.1, 0.15) is 53.0 Å². The highest BCUT2D eigenvalue weighted by Crippen LogP contribution is 2.44. The fraction of sp³-hybridized carbons (Fsp3) is 0.531. The van der Waals surface area contributed by atoms with E-state index in [1.54, 1.807) is 6.07 Å². The number of hydrogen-bond donors (Lipinski definition) is 2. The lowest BCUT2D eigenvalue weighted by Crippen LogP contribution is -2.53. The predicted molar refractivity (Wildman–Crippen MR) is 161 cm³/mol. The number of aromatic nitrogens is 2. The second kappa shape index (κ2) is 11.9. The summed E-state index contributed by atoms with van der Waals surface area (Å²) in [6.45, 7) is 14.5. The third kappa shape index (κ3) is 6.45. The molecule has 2 fully saturated rings. The van der Waals surface area contributed by atoms with Gasteiger partial charge in [0.05, 0.1) is 23.3 Å². The van der Waals surface area contributed by atoms with E-state index in [2.05, 4.69) is 55.1 Å². The Hall–Kier alpha value is -3.33. The van der Waals surface area contributed by atoms with E-state index in [4.69, 9.17) is 4.99 Å². The van der Waals surface area contributed by atoms with Crippen LogP contribution in [-0.4, -0.2) is 52.1 Å². The van der Waals surface area contributed by atoms with Crippen LogP contribution in [0.15, 0.2) is 52.5 Å². The molecule has 1 aliphatic carbocycles. The van der Waals surface area contributed by atoms with E-state index < -0.39 is 11.6 Å². The van der Waals surface area contributed by atoms with Gasteiger partial charge in [0.2, 0.25) is 0 Å². The molecule has 1 aromatic heterocycles. The van der Waals surface area contributed by atoms with Crippen LogP contribution >= 0.6 is 0 Å². The highest BCUT2D eigenvalue weighted by atomic mass is 19.1. The van der Waals surface area contributed by atoms with Crippen molar-refractivity contribution in [1.82, 2.24) is 19.8 Å². The summed E-state index contributed by atoms with van der Waals surface area (Å²) >= 11 is 0. The van der Waals surface area contributed by atoms with Crippen molar-refractivity contribution in [1.29, 1.82) is 0 Å². The molecule has 0 radical (unpaired) electrons. The third-order valence-corrected chi connectivity index (χ3v) is 9.39. The number of rotatable bonds is 5. The van der Waals surface area contributed by atoms with Crippen molar-refractivity contribution in [3.05, 3.63) is 70.3 Å². The number of anilines is 1. The van der Waals surface area contributed by atoms with Crippen LogP contribution in [0.3, 0.4) is 0 Å². The zero-order chi connectivity index (χ0) is 29.3. The quantitative estimate of drug-likeness (QED) is 0.319. The molecule has 3 aromatic rings. The number of halogens is 2. The minimum Gasteiger partial charge on any atom is -0.340 e. The number of nitrogens with zero attached hydrogens (tertiary/aromatic N) is 4. The lowest BCUT2D eigenvalue weighted by molar-refractivity contribution is 0.0828. The first-order valence-corrected chi connectivity index (χ1v) is 14.8. The van der Waals surface area contributed by atoms with Crippen molar-refractivity contribution in [3.63, 3.8) is 0 Å². The van der Waals surface area contributed by atoms with Gasteiger partial charge in [-0.25, -0.2) is 18.8 Å². The van der Waals surface area contributed by atoms with Crippen LogP contribution in [0.25, 0.3) is 10.9 Å². The molecule has 1 unspecified atom stereocenters. The first kappa shape index (κ1) is 29.2.